The largest absolute Gasteiger partial charge is 0.496 e. The Kier molecular flexibility index (Phi) is 13.4. The van der Waals surface area contributed by atoms with Crippen LogP contribution >= 0.6 is 0 Å². The number of esters is 1. The predicted molar refractivity (Wildman–Crippen MR) is 161 cm³/mol. The van der Waals surface area contributed by atoms with Gasteiger partial charge in [-0.3, -0.25) is 0 Å². The minimum Gasteiger partial charge on any atom is -0.496 e. The van der Waals surface area contributed by atoms with Crippen LogP contribution in [-0.4, -0.2) is 76.1 Å². The summed E-state index contributed by atoms with van der Waals surface area (Å²) in [7, 11) is -1.93. The van der Waals surface area contributed by atoms with Crippen LogP contribution in [0.5, 0.6) is 5.75 Å². The first-order valence-corrected chi connectivity index (χ1v) is 27.8. The fourth-order valence-corrected chi connectivity index (χ4v) is 34.5. The van der Waals surface area contributed by atoms with Gasteiger partial charge in [-0.05, 0) is 70.2 Å². The van der Waals surface area contributed by atoms with Crippen LogP contribution in [0.2, 0.25) is 39.3 Å². The zero-order valence-electron chi connectivity index (χ0n) is 24.4. The average molecular weight is 589 g/mol. The van der Waals surface area contributed by atoms with Gasteiger partial charge in [-0.15, -0.1) is 0 Å². The molecule has 0 aliphatic carbocycles. The summed E-state index contributed by atoms with van der Waals surface area (Å²) in [6.07, 6.45) is 0.805. The van der Waals surface area contributed by atoms with Gasteiger partial charge < -0.3 is 27.2 Å². The van der Waals surface area contributed by atoms with Gasteiger partial charge >= 0.3 is 5.97 Å². The van der Waals surface area contributed by atoms with Gasteiger partial charge in [0.25, 0.3) is 0 Å². The second kappa shape index (κ2) is 14.7. The summed E-state index contributed by atoms with van der Waals surface area (Å²) in [6.45, 7) is 19.6. The van der Waals surface area contributed by atoms with E-state index in [0.29, 0.717) is 23.0 Å². The summed E-state index contributed by atoms with van der Waals surface area (Å²) in [6, 6.07) is 5.69. The van der Waals surface area contributed by atoms with E-state index in [1.807, 2.05) is 25.1 Å². The monoisotopic (exact) mass is 588 g/mol. The molecule has 1 atom stereocenters. The highest BCUT2D eigenvalue weighted by Crippen LogP contribution is 2.32. The summed E-state index contributed by atoms with van der Waals surface area (Å²) in [5.41, 5.74) is 1.43. The molecule has 0 heterocycles. The maximum atomic E-state index is 13.6. The summed E-state index contributed by atoms with van der Waals surface area (Å²) in [5, 5.41) is 0. The Morgan fingerprint density at radius 3 is 1.92 bits per heavy atom. The van der Waals surface area contributed by atoms with Crippen molar-refractivity contribution in [2.75, 3.05) is 21.3 Å². The van der Waals surface area contributed by atoms with E-state index in [4.69, 9.17) is 27.2 Å². The Bertz CT molecular complexity index is 861. The minimum atomic E-state index is -1.67. The second-order valence-electron chi connectivity index (χ2n) is 11.4. The van der Waals surface area contributed by atoms with Crippen LogP contribution in [0.1, 0.15) is 31.4 Å². The molecule has 1 unspecified atom stereocenters. The molecule has 0 aliphatic heterocycles. The highest BCUT2D eigenvalue weighted by molar-refractivity contribution is 7.38. The van der Waals surface area contributed by atoms with E-state index in [1.165, 1.54) is 14.2 Å². The standard InChI is InChI=1S/C24H48O7Si5/c1-17(2)16-20(34(32-30-35(7,8)9)33-31-36(10,11)12)29-24(25)23(28-6)22(27-5)19-15-13-14-18(3)21(19)26-4/h13-15,17,20,34H,16,32-33H2,1-12H3. The minimum absolute atomic E-state index is 0.0449. The third-order valence-electron chi connectivity index (χ3n) is 5.41. The molecule has 0 aromatic heterocycles. The van der Waals surface area contributed by atoms with Crippen molar-refractivity contribution in [3.63, 3.8) is 0 Å². The Labute approximate surface area is 226 Å². The number of aryl methyl sites for hydroxylation is 1. The van der Waals surface area contributed by atoms with Crippen molar-refractivity contribution in [3.8, 4) is 5.75 Å². The molecule has 0 N–H and O–H groups in total. The van der Waals surface area contributed by atoms with Gasteiger partial charge in [0, 0.05) is 0 Å². The highest BCUT2D eigenvalue weighted by Gasteiger charge is 2.35. The van der Waals surface area contributed by atoms with E-state index in [1.54, 1.807) is 7.11 Å². The molecule has 206 valence electrons. The molecule has 12 heteroatoms. The van der Waals surface area contributed by atoms with Crippen LogP contribution in [0.4, 0.5) is 0 Å². The lowest BCUT2D eigenvalue weighted by Gasteiger charge is -2.31. The van der Waals surface area contributed by atoms with E-state index in [0.717, 1.165) is 12.0 Å². The van der Waals surface area contributed by atoms with E-state index < -0.39 is 49.0 Å². The molecule has 36 heavy (non-hydrogen) atoms. The molecule has 1 aromatic rings. The van der Waals surface area contributed by atoms with Crippen LogP contribution in [-0.2, 0) is 27.2 Å². The lowest BCUT2D eigenvalue weighted by Crippen LogP contribution is -2.52. The molecule has 0 aliphatic rings. The predicted octanol–water partition coefficient (Wildman–Crippen LogP) is 3.55. The Balaban J connectivity index is 3.41. The first-order valence-electron chi connectivity index (χ1n) is 12.6. The highest BCUT2D eigenvalue weighted by atomic mass is 29.6. The second-order valence-corrected chi connectivity index (χ2v) is 36.8. The van der Waals surface area contributed by atoms with E-state index in [-0.39, 0.29) is 11.5 Å². The van der Waals surface area contributed by atoms with Crippen molar-refractivity contribution in [1.29, 1.82) is 0 Å². The quantitative estimate of drug-likeness (QED) is 0.134. The average Bonchev–Trinajstić information content (AvgIpc) is 2.75. The van der Waals surface area contributed by atoms with Crippen LogP contribution in [0, 0.1) is 12.8 Å². The van der Waals surface area contributed by atoms with Crippen molar-refractivity contribution in [3.05, 3.63) is 35.1 Å². The normalized spacial score (nSPS) is 15.4. The topological polar surface area (TPSA) is 72.5 Å². The molecule has 0 radical (unpaired) electrons. The number of para-hydroxylation sites is 1. The molecule has 1 aromatic carbocycles. The number of benzene rings is 1. The molecule has 1 rings (SSSR count). The zero-order valence-corrected chi connectivity index (χ0v) is 30.4. The Morgan fingerprint density at radius 2 is 1.50 bits per heavy atom. The molecular weight excluding hydrogens is 541 g/mol. The summed E-state index contributed by atoms with van der Waals surface area (Å²) in [4.78, 5) is 13.6. The van der Waals surface area contributed by atoms with Crippen molar-refractivity contribution < 1.29 is 32.0 Å². The SMILES string of the molecule is COC(C(=O)OC(CC(C)C)[SiH]([SiH2]O[Si](C)(C)C)[SiH2]O[Si](C)(C)C)=C(OC)c1cccc(C)c1OC. The molecule has 0 bridgehead atoms. The lowest BCUT2D eigenvalue weighted by molar-refractivity contribution is -0.145. The fourth-order valence-electron chi connectivity index (χ4n) is 3.67. The number of hydrogen-bond donors (Lipinski definition) is 0. The summed E-state index contributed by atoms with van der Waals surface area (Å²) in [5.74, 6) is 0.854. The molecule has 0 saturated heterocycles. The molecule has 0 fully saturated rings. The van der Waals surface area contributed by atoms with Gasteiger partial charge in [-0.1, -0.05) is 26.0 Å². The van der Waals surface area contributed by atoms with Gasteiger partial charge in [-0.25, -0.2) is 4.79 Å². The molecule has 0 saturated carbocycles. The van der Waals surface area contributed by atoms with E-state index >= 15 is 0 Å². The lowest BCUT2D eigenvalue weighted by atomic mass is 10.1. The third kappa shape index (κ3) is 11.1. The van der Waals surface area contributed by atoms with Gasteiger partial charge in [0.05, 0.1) is 32.6 Å². The number of rotatable bonds is 15. The van der Waals surface area contributed by atoms with Crippen molar-refractivity contribution in [1.82, 2.24) is 0 Å². The summed E-state index contributed by atoms with van der Waals surface area (Å²) < 4.78 is 36.2. The molecule has 0 spiro atoms. The van der Waals surface area contributed by atoms with E-state index in [2.05, 4.69) is 53.1 Å². The van der Waals surface area contributed by atoms with Crippen molar-refractivity contribution >= 4 is 54.8 Å². The van der Waals surface area contributed by atoms with Crippen molar-refractivity contribution in [2.24, 2.45) is 5.92 Å². The first kappa shape index (κ1) is 32.9. The molecule has 7 nitrogen and oxygen atoms in total. The number of hydrogen-bond acceptors (Lipinski definition) is 7. The van der Waals surface area contributed by atoms with Crippen LogP contribution < -0.4 is 4.74 Å². The Hall–Kier alpha value is -1.17. The number of methoxy groups -OCH3 is 3. The van der Waals surface area contributed by atoms with Crippen LogP contribution in [0.3, 0.4) is 0 Å². The molecular formula is C24H48O7Si5. The van der Waals surface area contributed by atoms with Gasteiger partial charge in [0.15, 0.2) is 22.4 Å². The maximum absolute atomic E-state index is 13.6. The van der Waals surface area contributed by atoms with Gasteiger partial charge in [-0.2, -0.15) is 0 Å². The van der Waals surface area contributed by atoms with Gasteiger partial charge in [0.2, 0.25) is 5.76 Å². The number of carbonyl (C=O) groups excluding carboxylic acids is 1. The fraction of sp³-hybridized carbons (Fsp3) is 0.625. The first-order chi connectivity index (χ1) is 16.6. The number of ether oxygens (including phenoxy) is 4. The van der Waals surface area contributed by atoms with Crippen LogP contribution in [0.15, 0.2) is 24.0 Å². The maximum Gasteiger partial charge on any atom is 0.377 e. The zero-order chi connectivity index (χ0) is 27.7. The Morgan fingerprint density at radius 1 is 0.944 bits per heavy atom. The van der Waals surface area contributed by atoms with Crippen LogP contribution in [0.25, 0.3) is 5.76 Å². The smallest absolute Gasteiger partial charge is 0.377 e. The molecule has 0 amide bonds. The van der Waals surface area contributed by atoms with E-state index in [9.17, 15) is 4.79 Å². The third-order valence-corrected chi connectivity index (χ3v) is 29.0. The summed E-state index contributed by atoms with van der Waals surface area (Å²) >= 11 is 0. The van der Waals surface area contributed by atoms with Crippen molar-refractivity contribution in [2.45, 2.75) is 72.2 Å². The van der Waals surface area contributed by atoms with Gasteiger partial charge in [0.1, 0.15) is 32.1 Å². The number of carbonyl (C=O) groups is 1.